The number of rotatable bonds is 4. The van der Waals surface area contributed by atoms with Crippen molar-refractivity contribution in [3.05, 3.63) is 53.7 Å². The number of hydrogen-bond donors (Lipinski definition) is 1. The number of anilines is 2. The number of pyridine rings is 1. The minimum Gasteiger partial charge on any atom is -0.379 e. The van der Waals surface area contributed by atoms with E-state index in [-0.39, 0.29) is 0 Å². The van der Waals surface area contributed by atoms with E-state index in [0.29, 0.717) is 5.95 Å². The highest BCUT2D eigenvalue weighted by Crippen LogP contribution is 2.16. The number of benzene rings is 1. The minimum absolute atomic E-state index is 0.619. The van der Waals surface area contributed by atoms with Crippen LogP contribution in [0.2, 0.25) is 0 Å². The van der Waals surface area contributed by atoms with Crippen molar-refractivity contribution < 1.29 is 4.74 Å². The molecule has 1 fully saturated rings. The number of hydrogen-bond acceptors (Lipinski definition) is 5. The third-order valence-electron chi connectivity index (χ3n) is 4.24. The Morgan fingerprint density at radius 3 is 2.67 bits per heavy atom. The molecule has 0 unspecified atom stereocenters. The Morgan fingerprint density at radius 1 is 1.08 bits per heavy atom. The van der Waals surface area contributed by atoms with Gasteiger partial charge in [-0.05, 0) is 31.2 Å². The smallest absolute Gasteiger partial charge is 0.247 e. The Hall–Kier alpha value is -2.44. The van der Waals surface area contributed by atoms with Gasteiger partial charge in [0.2, 0.25) is 5.95 Å². The molecule has 1 aromatic carbocycles. The lowest BCUT2D eigenvalue weighted by atomic mass is 10.2. The summed E-state index contributed by atoms with van der Waals surface area (Å²) in [5.74, 6) is 0.619. The minimum atomic E-state index is 0.619. The number of nitrogens with zero attached hydrogens (tertiary/aromatic N) is 4. The molecule has 0 bridgehead atoms. The Labute approximate surface area is 141 Å². The molecule has 24 heavy (non-hydrogen) atoms. The zero-order valence-electron chi connectivity index (χ0n) is 13.8. The molecule has 0 atom stereocenters. The molecule has 0 spiro atoms. The molecule has 2 aromatic heterocycles. The third kappa shape index (κ3) is 3.25. The van der Waals surface area contributed by atoms with Crippen LogP contribution in [-0.4, -0.2) is 45.8 Å². The molecule has 0 saturated carbocycles. The van der Waals surface area contributed by atoms with Crippen LogP contribution in [0.5, 0.6) is 0 Å². The molecular weight excluding hydrogens is 302 g/mol. The maximum Gasteiger partial charge on any atom is 0.247 e. The van der Waals surface area contributed by atoms with Crippen molar-refractivity contribution in [1.29, 1.82) is 0 Å². The van der Waals surface area contributed by atoms with Gasteiger partial charge in [0, 0.05) is 25.3 Å². The predicted octanol–water partition coefficient (Wildman–Crippen LogP) is 2.61. The van der Waals surface area contributed by atoms with Crippen LogP contribution in [0.1, 0.15) is 11.3 Å². The molecule has 1 aliphatic rings. The Kier molecular flexibility index (Phi) is 4.15. The molecule has 0 radical (unpaired) electrons. The summed E-state index contributed by atoms with van der Waals surface area (Å²) in [5, 5.41) is 7.91. The van der Waals surface area contributed by atoms with E-state index in [2.05, 4.69) is 45.4 Å². The van der Waals surface area contributed by atoms with Gasteiger partial charge in [0.05, 0.1) is 18.9 Å². The number of morpholine rings is 1. The summed E-state index contributed by atoms with van der Waals surface area (Å²) in [6, 6.07) is 14.3. The first kappa shape index (κ1) is 15.1. The first-order valence-corrected chi connectivity index (χ1v) is 8.26. The van der Waals surface area contributed by atoms with Crippen LogP contribution in [0, 0.1) is 6.92 Å². The molecule has 3 heterocycles. The second-order valence-electron chi connectivity index (χ2n) is 6.10. The highest BCUT2D eigenvalue weighted by molar-refractivity contribution is 5.56. The van der Waals surface area contributed by atoms with Crippen LogP contribution in [-0.2, 0) is 11.3 Å². The molecule has 6 nitrogen and oxygen atoms in total. The number of aryl methyl sites for hydroxylation is 1. The summed E-state index contributed by atoms with van der Waals surface area (Å²) >= 11 is 0. The molecule has 1 aliphatic heterocycles. The summed E-state index contributed by atoms with van der Waals surface area (Å²) in [6.45, 7) is 6.44. The van der Waals surface area contributed by atoms with E-state index >= 15 is 0 Å². The van der Waals surface area contributed by atoms with E-state index in [1.165, 1.54) is 5.56 Å². The van der Waals surface area contributed by atoms with Crippen molar-refractivity contribution in [3.63, 3.8) is 0 Å². The summed E-state index contributed by atoms with van der Waals surface area (Å²) in [4.78, 5) is 6.96. The number of nitrogens with one attached hydrogen (secondary N) is 1. The third-order valence-corrected chi connectivity index (χ3v) is 4.24. The number of aromatic nitrogens is 3. The first-order valence-electron chi connectivity index (χ1n) is 8.26. The van der Waals surface area contributed by atoms with Crippen molar-refractivity contribution >= 4 is 17.3 Å². The number of fused-ring (bicyclic) bond motifs is 1. The van der Waals surface area contributed by atoms with Crippen LogP contribution in [0.4, 0.5) is 11.6 Å². The van der Waals surface area contributed by atoms with Gasteiger partial charge in [-0.3, -0.25) is 4.90 Å². The van der Waals surface area contributed by atoms with Gasteiger partial charge in [0.15, 0.2) is 5.65 Å². The molecule has 6 heteroatoms. The summed E-state index contributed by atoms with van der Waals surface area (Å²) in [6.07, 6.45) is 0. The van der Waals surface area contributed by atoms with Crippen LogP contribution >= 0.6 is 0 Å². The van der Waals surface area contributed by atoms with Crippen LogP contribution in [0.15, 0.2) is 42.5 Å². The molecule has 0 amide bonds. The molecule has 0 aliphatic carbocycles. The highest BCUT2D eigenvalue weighted by atomic mass is 16.5. The lowest BCUT2D eigenvalue weighted by molar-refractivity contribution is 0.0334. The van der Waals surface area contributed by atoms with Crippen LogP contribution < -0.4 is 5.32 Å². The zero-order chi connectivity index (χ0) is 16.4. The molecule has 1 saturated heterocycles. The van der Waals surface area contributed by atoms with Gasteiger partial charge in [-0.25, -0.2) is 4.52 Å². The maximum absolute atomic E-state index is 5.42. The quantitative estimate of drug-likeness (QED) is 0.800. The van der Waals surface area contributed by atoms with E-state index in [0.717, 1.165) is 49.9 Å². The van der Waals surface area contributed by atoms with Gasteiger partial charge in [0.25, 0.3) is 0 Å². The largest absolute Gasteiger partial charge is 0.379 e. The van der Waals surface area contributed by atoms with E-state index in [4.69, 9.17) is 4.74 Å². The SMILES string of the molecule is Cc1ccc(Nc2nc3cccc(CN4CCOCC4)n3n2)cc1. The van der Waals surface area contributed by atoms with Gasteiger partial charge >= 0.3 is 0 Å². The second kappa shape index (κ2) is 6.59. The van der Waals surface area contributed by atoms with Crippen LogP contribution in [0.25, 0.3) is 5.65 Å². The molecule has 4 rings (SSSR count). The normalized spacial score (nSPS) is 15.7. The molecular formula is C18H21N5O. The Morgan fingerprint density at radius 2 is 1.88 bits per heavy atom. The van der Waals surface area contributed by atoms with E-state index in [9.17, 15) is 0 Å². The number of ether oxygens (including phenoxy) is 1. The topological polar surface area (TPSA) is 54.7 Å². The highest BCUT2D eigenvalue weighted by Gasteiger charge is 2.14. The lowest BCUT2D eigenvalue weighted by Gasteiger charge is -2.26. The summed E-state index contributed by atoms with van der Waals surface area (Å²) in [7, 11) is 0. The van der Waals surface area contributed by atoms with Crippen molar-refractivity contribution in [2.24, 2.45) is 0 Å². The second-order valence-corrected chi connectivity index (χ2v) is 6.10. The lowest BCUT2D eigenvalue weighted by Crippen LogP contribution is -2.36. The summed E-state index contributed by atoms with van der Waals surface area (Å²) in [5.41, 5.74) is 4.22. The molecule has 124 valence electrons. The van der Waals surface area contributed by atoms with E-state index in [1.54, 1.807) is 0 Å². The van der Waals surface area contributed by atoms with Gasteiger partial charge in [0.1, 0.15) is 0 Å². The van der Waals surface area contributed by atoms with Crippen LogP contribution in [0.3, 0.4) is 0 Å². The standard InChI is InChI=1S/C18H21N5O/c1-14-5-7-15(8-6-14)19-18-20-17-4-2-3-16(23(17)21-18)13-22-9-11-24-12-10-22/h2-8H,9-13H2,1H3,(H,19,21). The van der Waals surface area contributed by atoms with Gasteiger partial charge < -0.3 is 10.1 Å². The Balaban J connectivity index is 1.57. The zero-order valence-corrected chi connectivity index (χ0v) is 13.8. The van der Waals surface area contributed by atoms with E-state index in [1.807, 2.05) is 28.8 Å². The first-order chi connectivity index (χ1) is 11.8. The fourth-order valence-electron chi connectivity index (χ4n) is 2.89. The van der Waals surface area contributed by atoms with Gasteiger partial charge in [-0.1, -0.05) is 23.8 Å². The van der Waals surface area contributed by atoms with E-state index < -0.39 is 0 Å². The van der Waals surface area contributed by atoms with Crippen molar-refractivity contribution in [3.8, 4) is 0 Å². The summed E-state index contributed by atoms with van der Waals surface area (Å²) < 4.78 is 7.34. The van der Waals surface area contributed by atoms with Gasteiger partial charge in [-0.2, -0.15) is 4.98 Å². The monoisotopic (exact) mass is 323 g/mol. The van der Waals surface area contributed by atoms with Crippen molar-refractivity contribution in [2.45, 2.75) is 13.5 Å². The predicted molar refractivity (Wildman–Crippen MR) is 93.5 cm³/mol. The van der Waals surface area contributed by atoms with Crippen molar-refractivity contribution in [2.75, 3.05) is 31.6 Å². The van der Waals surface area contributed by atoms with Gasteiger partial charge in [-0.15, -0.1) is 5.10 Å². The average molecular weight is 323 g/mol. The average Bonchev–Trinajstić information content (AvgIpc) is 3.01. The maximum atomic E-state index is 5.42. The molecule has 3 aromatic rings. The fraction of sp³-hybridized carbons (Fsp3) is 0.333. The Bertz CT molecular complexity index is 821. The fourth-order valence-corrected chi connectivity index (χ4v) is 2.89. The molecule has 1 N–H and O–H groups in total. The van der Waals surface area contributed by atoms with Crippen molar-refractivity contribution in [1.82, 2.24) is 19.5 Å².